The maximum Gasteiger partial charge on any atom is 0.322 e. The largest absolute Gasteiger partial charge is 0.480 e. The van der Waals surface area contributed by atoms with Crippen LogP contribution in [0, 0.1) is 13.8 Å². The van der Waals surface area contributed by atoms with Gasteiger partial charge in [0.25, 0.3) is 0 Å². The summed E-state index contributed by atoms with van der Waals surface area (Å²) in [4.78, 5) is 22.1. The zero-order chi connectivity index (χ0) is 13.2. The molecule has 0 bridgehead atoms. The maximum absolute atomic E-state index is 11.8. The number of carbonyl (C=O) groups is 2. The molecule has 1 aromatic rings. The molecule has 1 amide bonds. The molecule has 1 rings (SSSR count). The van der Waals surface area contributed by atoms with Gasteiger partial charge in [-0.3, -0.25) is 14.3 Å². The molecule has 2 N–H and O–H groups in total. The summed E-state index contributed by atoms with van der Waals surface area (Å²) < 4.78 is 1.71. The van der Waals surface area contributed by atoms with Gasteiger partial charge in [0.05, 0.1) is 11.6 Å². The highest BCUT2D eigenvalue weighted by molar-refractivity contribution is 5.86. The van der Waals surface area contributed by atoms with Crippen LogP contribution >= 0.6 is 0 Å². The summed E-state index contributed by atoms with van der Waals surface area (Å²) in [6.45, 7) is 5.11. The van der Waals surface area contributed by atoms with E-state index in [4.69, 9.17) is 5.11 Å². The highest BCUT2D eigenvalue weighted by Crippen LogP contribution is 2.22. The quantitative estimate of drug-likeness (QED) is 0.793. The van der Waals surface area contributed by atoms with Gasteiger partial charge in [-0.1, -0.05) is 0 Å². The van der Waals surface area contributed by atoms with Crippen LogP contribution in [0.1, 0.15) is 29.8 Å². The number of hydrogen-bond acceptors (Lipinski definition) is 3. The van der Waals surface area contributed by atoms with Gasteiger partial charge in [-0.15, -0.1) is 0 Å². The second-order valence-electron chi connectivity index (χ2n) is 4.04. The summed E-state index contributed by atoms with van der Waals surface area (Å²) in [5.74, 6) is -1.75. The molecular weight excluding hydrogens is 222 g/mol. The molecule has 1 unspecified atom stereocenters. The number of nitrogens with one attached hydrogen (secondary N) is 1. The van der Waals surface area contributed by atoms with Gasteiger partial charge in [-0.25, -0.2) is 0 Å². The van der Waals surface area contributed by atoms with Gasteiger partial charge in [0.15, 0.2) is 0 Å². The Morgan fingerprint density at radius 1 is 1.47 bits per heavy atom. The third-order valence-corrected chi connectivity index (χ3v) is 2.81. The lowest BCUT2D eigenvalue weighted by molar-refractivity contribution is -0.138. The number of aryl methyl sites for hydroxylation is 2. The van der Waals surface area contributed by atoms with Gasteiger partial charge in [-0.2, -0.15) is 5.10 Å². The van der Waals surface area contributed by atoms with E-state index in [9.17, 15) is 9.59 Å². The highest BCUT2D eigenvalue weighted by Gasteiger charge is 2.22. The summed E-state index contributed by atoms with van der Waals surface area (Å²) in [5.41, 5.74) is 2.57. The average molecular weight is 239 g/mol. The van der Waals surface area contributed by atoms with E-state index in [0.717, 1.165) is 17.0 Å². The van der Waals surface area contributed by atoms with Crippen molar-refractivity contribution in [2.24, 2.45) is 7.05 Å². The lowest BCUT2D eigenvalue weighted by Crippen LogP contribution is -2.32. The van der Waals surface area contributed by atoms with Crippen molar-refractivity contribution in [3.63, 3.8) is 0 Å². The Bertz CT molecular complexity index is 451. The van der Waals surface area contributed by atoms with Gasteiger partial charge < -0.3 is 10.4 Å². The van der Waals surface area contributed by atoms with Crippen molar-refractivity contribution in [2.75, 3.05) is 6.54 Å². The number of amides is 1. The molecule has 1 aromatic heterocycles. The van der Waals surface area contributed by atoms with Crippen molar-refractivity contribution in [1.82, 2.24) is 15.1 Å². The number of aliphatic carboxylic acids is 1. The second-order valence-corrected chi connectivity index (χ2v) is 4.04. The van der Waals surface area contributed by atoms with Crippen LogP contribution in [0.4, 0.5) is 0 Å². The second kappa shape index (κ2) is 4.99. The fourth-order valence-electron chi connectivity index (χ4n) is 1.86. The lowest BCUT2D eigenvalue weighted by atomic mass is 9.98. The van der Waals surface area contributed by atoms with E-state index in [-0.39, 0.29) is 12.5 Å². The number of carboxylic acid groups (broad SMARTS) is 1. The zero-order valence-electron chi connectivity index (χ0n) is 10.4. The van der Waals surface area contributed by atoms with E-state index in [1.807, 2.05) is 20.9 Å². The third-order valence-electron chi connectivity index (χ3n) is 2.81. The van der Waals surface area contributed by atoms with E-state index in [0.29, 0.717) is 0 Å². The van der Waals surface area contributed by atoms with Crippen LogP contribution in [0.2, 0.25) is 0 Å². The molecule has 1 atom stereocenters. The number of hydrogen-bond donors (Lipinski definition) is 2. The fourth-order valence-corrected chi connectivity index (χ4v) is 1.86. The molecule has 0 aliphatic rings. The third kappa shape index (κ3) is 2.83. The summed E-state index contributed by atoms with van der Waals surface area (Å²) >= 11 is 0. The van der Waals surface area contributed by atoms with Crippen LogP contribution < -0.4 is 5.32 Å². The first-order valence-corrected chi connectivity index (χ1v) is 5.34. The molecule has 0 aromatic carbocycles. The molecule has 0 spiro atoms. The van der Waals surface area contributed by atoms with Crippen molar-refractivity contribution < 1.29 is 14.7 Å². The van der Waals surface area contributed by atoms with Crippen LogP contribution in [0.5, 0.6) is 0 Å². The van der Waals surface area contributed by atoms with Gasteiger partial charge in [0.1, 0.15) is 6.54 Å². The molecule has 17 heavy (non-hydrogen) atoms. The smallest absolute Gasteiger partial charge is 0.322 e. The molecule has 94 valence electrons. The van der Waals surface area contributed by atoms with Crippen molar-refractivity contribution >= 4 is 11.9 Å². The Hall–Kier alpha value is -1.85. The van der Waals surface area contributed by atoms with E-state index in [1.54, 1.807) is 11.6 Å². The first kappa shape index (κ1) is 13.2. The molecule has 0 aliphatic heterocycles. The highest BCUT2D eigenvalue weighted by atomic mass is 16.4. The Morgan fingerprint density at radius 2 is 2.06 bits per heavy atom. The lowest BCUT2D eigenvalue weighted by Gasteiger charge is -2.11. The van der Waals surface area contributed by atoms with Gasteiger partial charge in [-0.05, 0) is 20.8 Å². The number of aromatic nitrogens is 2. The van der Waals surface area contributed by atoms with Crippen molar-refractivity contribution in [2.45, 2.75) is 26.7 Å². The van der Waals surface area contributed by atoms with Crippen LogP contribution in [-0.4, -0.2) is 33.3 Å². The predicted octanol–water partition coefficient (Wildman–Crippen LogP) is 0.341. The normalized spacial score (nSPS) is 12.2. The van der Waals surface area contributed by atoms with Crippen LogP contribution in [-0.2, 0) is 16.6 Å². The number of rotatable bonds is 4. The minimum absolute atomic E-state index is 0.299. The van der Waals surface area contributed by atoms with Crippen molar-refractivity contribution in [3.05, 3.63) is 17.0 Å². The fraction of sp³-hybridized carbons (Fsp3) is 0.545. The first-order chi connectivity index (χ1) is 7.84. The number of carbonyl (C=O) groups excluding carboxylic acids is 1. The Kier molecular flexibility index (Phi) is 3.88. The summed E-state index contributed by atoms with van der Waals surface area (Å²) in [7, 11) is 1.81. The minimum atomic E-state index is -1.05. The SMILES string of the molecule is Cc1nn(C)c(C)c1C(C)C(=O)NCC(=O)O. The number of nitrogens with zero attached hydrogens (tertiary/aromatic N) is 2. The monoisotopic (exact) mass is 239 g/mol. The van der Waals surface area contributed by atoms with E-state index in [1.165, 1.54) is 0 Å². The molecule has 0 saturated heterocycles. The van der Waals surface area contributed by atoms with Gasteiger partial charge >= 0.3 is 5.97 Å². The summed E-state index contributed by atoms with van der Waals surface area (Å²) in [6.07, 6.45) is 0. The standard InChI is InChI=1S/C11H17N3O3/c1-6(11(17)12-5-9(15)16)10-7(2)13-14(4)8(10)3/h6H,5H2,1-4H3,(H,12,17)(H,15,16). The molecule has 6 heteroatoms. The molecule has 0 radical (unpaired) electrons. The predicted molar refractivity (Wildman–Crippen MR) is 61.7 cm³/mol. The Balaban J connectivity index is 2.85. The van der Waals surface area contributed by atoms with Crippen molar-refractivity contribution in [1.29, 1.82) is 0 Å². The summed E-state index contributed by atoms with van der Waals surface area (Å²) in [6, 6.07) is 0. The molecule has 6 nitrogen and oxygen atoms in total. The molecule has 0 saturated carbocycles. The topological polar surface area (TPSA) is 84.2 Å². The van der Waals surface area contributed by atoms with Gasteiger partial charge in [0, 0.05) is 18.3 Å². The summed E-state index contributed by atoms with van der Waals surface area (Å²) in [5, 5.41) is 15.1. The van der Waals surface area contributed by atoms with Crippen LogP contribution in [0.25, 0.3) is 0 Å². The molecule has 1 heterocycles. The van der Waals surface area contributed by atoms with Gasteiger partial charge in [0.2, 0.25) is 5.91 Å². The maximum atomic E-state index is 11.8. The zero-order valence-corrected chi connectivity index (χ0v) is 10.4. The molecule has 0 aliphatic carbocycles. The van der Waals surface area contributed by atoms with E-state index in [2.05, 4.69) is 10.4 Å². The van der Waals surface area contributed by atoms with E-state index >= 15 is 0 Å². The van der Waals surface area contributed by atoms with E-state index < -0.39 is 11.9 Å². The van der Waals surface area contributed by atoms with Crippen LogP contribution in [0.3, 0.4) is 0 Å². The van der Waals surface area contributed by atoms with Crippen molar-refractivity contribution in [3.8, 4) is 0 Å². The minimum Gasteiger partial charge on any atom is -0.480 e. The average Bonchev–Trinajstić information content (AvgIpc) is 2.49. The first-order valence-electron chi connectivity index (χ1n) is 5.34. The van der Waals surface area contributed by atoms with Crippen LogP contribution in [0.15, 0.2) is 0 Å². The Morgan fingerprint density at radius 3 is 2.47 bits per heavy atom. The Labute approximate surface area is 99.6 Å². The molecular formula is C11H17N3O3. The molecule has 0 fully saturated rings. The number of carboxylic acids is 1.